The van der Waals surface area contributed by atoms with Gasteiger partial charge < -0.3 is 5.73 Å². The lowest BCUT2D eigenvalue weighted by molar-refractivity contribution is -0.126. The zero-order chi connectivity index (χ0) is 8.91. The van der Waals surface area contributed by atoms with E-state index in [1.807, 2.05) is 13.8 Å². The third-order valence-corrected chi connectivity index (χ3v) is 2.17. The Balaban J connectivity index is 4.27. The molecule has 0 saturated heterocycles. The molecule has 0 aromatic carbocycles. The van der Waals surface area contributed by atoms with Crippen LogP contribution in [0.2, 0.25) is 0 Å². The van der Waals surface area contributed by atoms with E-state index in [4.69, 9.17) is 12.2 Å². The fourth-order valence-corrected chi connectivity index (χ4v) is 0.761. The molecule has 0 aliphatic carbocycles. The monoisotopic (exact) mass is 153 g/mol. The number of carbonyl (C=O) groups is 1. The van der Waals surface area contributed by atoms with Gasteiger partial charge in [-0.15, -0.1) is 6.42 Å². The zero-order valence-corrected chi connectivity index (χ0v) is 7.18. The summed E-state index contributed by atoms with van der Waals surface area (Å²) in [4.78, 5) is 11.3. The molecule has 2 N–H and O–H groups in total. The summed E-state index contributed by atoms with van der Waals surface area (Å²) in [5.41, 5.74) is 5.05. The lowest BCUT2D eigenvalue weighted by atomic mass is 9.82. The van der Waals surface area contributed by atoms with Crippen molar-refractivity contribution in [2.75, 3.05) is 6.54 Å². The van der Waals surface area contributed by atoms with Crippen LogP contribution in [0.3, 0.4) is 0 Å². The molecule has 2 heteroatoms. The number of ketones is 1. The van der Waals surface area contributed by atoms with Gasteiger partial charge in [-0.2, -0.15) is 0 Å². The van der Waals surface area contributed by atoms with Gasteiger partial charge in [0.15, 0.2) is 5.78 Å². The summed E-state index contributed by atoms with van der Waals surface area (Å²) in [5.74, 6) is 2.41. The van der Waals surface area contributed by atoms with E-state index in [2.05, 4.69) is 5.92 Å². The van der Waals surface area contributed by atoms with E-state index in [1.54, 1.807) is 0 Å². The third kappa shape index (κ3) is 2.36. The summed E-state index contributed by atoms with van der Waals surface area (Å²) < 4.78 is 0. The second-order valence-corrected chi connectivity index (χ2v) is 2.92. The predicted octanol–water partition coefficient (Wildman–Crippen LogP) is 0.954. The molecule has 62 valence electrons. The van der Waals surface area contributed by atoms with Crippen molar-refractivity contribution in [2.24, 2.45) is 11.1 Å². The summed E-state index contributed by atoms with van der Waals surface area (Å²) in [7, 11) is 0. The summed E-state index contributed by atoms with van der Waals surface area (Å²) in [6, 6.07) is 0. The van der Waals surface area contributed by atoms with Crippen LogP contribution in [0.4, 0.5) is 0 Å². The van der Waals surface area contributed by atoms with E-state index >= 15 is 0 Å². The Hall–Kier alpha value is -0.810. The highest BCUT2D eigenvalue weighted by molar-refractivity contribution is 5.86. The Kier molecular flexibility index (Phi) is 3.84. The Morgan fingerprint density at radius 2 is 2.27 bits per heavy atom. The first-order chi connectivity index (χ1) is 5.10. The van der Waals surface area contributed by atoms with Gasteiger partial charge in [0.2, 0.25) is 0 Å². The molecular formula is C9H15NO. The number of terminal acetylenes is 1. The normalized spacial score (nSPS) is 15.1. The number of Topliss-reactive ketones (excluding diaryl/α,β-unsaturated/α-hetero) is 1. The quantitative estimate of drug-likeness (QED) is 0.611. The summed E-state index contributed by atoms with van der Waals surface area (Å²) >= 11 is 0. The smallest absolute Gasteiger partial charge is 0.151 e. The average Bonchev–Trinajstić information content (AvgIpc) is 2.03. The lowest BCUT2D eigenvalue weighted by Gasteiger charge is -2.23. The molecular weight excluding hydrogens is 138 g/mol. The molecule has 1 atom stereocenters. The maximum absolute atomic E-state index is 11.3. The van der Waals surface area contributed by atoms with Gasteiger partial charge in [-0.1, -0.05) is 19.8 Å². The minimum atomic E-state index is -0.410. The highest BCUT2D eigenvalue weighted by Crippen LogP contribution is 2.21. The number of rotatable bonds is 4. The van der Waals surface area contributed by atoms with Crippen LogP contribution in [0, 0.1) is 17.8 Å². The first kappa shape index (κ1) is 10.2. The molecule has 0 aliphatic rings. The molecule has 0 aromatic rings. The van der Waals surface area contributed by atoms with Crippen LogP contribution in [0.5, 0.6) is 0 Å². The van der Waals surface area contributed by atoms with Gasteiger partial charge in [0, 0.05) is 12.0 Å². The molecule has 0 aromatic heterocycles. The minimum absolute atomic E-state index is 0.0741. The Morgan fingerprint density at radius 1 is 1.73 bits per heavy atom. The van der Waals surface area contributed by atoms with Gasteiger partial charge in [0.05, 0.1) is 6.42 Å². The second kappa shape index (κ2) is 4.15. The van der Waals surface area contributed by atoms with Gasteiger partial charge in [-0.3, -0.25) is 4.79 Å². The molecule has 0 fully saturated rings. The van der Waals surface area contributed by atoms with Crippen LogP contribution in [-0.2, 0) is 4.79 Å². The van der Waals surface area contributed by atoms with E-state index in [0.717, 1.165) is 6.42 Å². The Morgan fingerprint density at radius 3 is 2.55 bits per heavy atom. The summed E-state index contributed by atoms with van der Waals surface area (Å²) in [6.45, 7) is 4.18. The first-order valence-electron chi connectivity index (χ1n) is 3.77. The summed E-state index contributed by atoms with van der Waals surface area (Å²) in [6.07, 6.45) is 5.97. The molecule has 0 amide bonds. The predicted molar refractivity (Wildman–Crippen MR) is 45.9 cm³/mol. The highest BCUT2D eigenvalue weighted by Gasteiger charge is 2.27. The SMILES string of the molecule is C#CCC(=O)C(C)(CC)CN. The van der Waals surface area contributed by atoms with E-state index in [0.29, 0.717) is 6.54 Å². The van der Waals surface area contributed by atoms with Crippen LogP contribution in [0.25, 0.3) is 0 Å². The lowest BCUT2D eigenvalue weighted by Crippen LogP contribution is -2.34. The van der Waals surface area contributed by atoms with E-state index < -0.39 is 5.41 Å². The molecule has 1 unspecified atom stereocenters. The van der Waals surface area contributed by atoms with Crippen molar-refractivity contribution in [2.45, 2.75) is 26.7 Å². The number of carbonyl (C=O) groups excluding carboxylic acids is 1. The van der Waals surface area contributed by atoms with Crippen molar-refractivity contribution in [3.05, 3.63) is 0 Å². The maximum Gasteiger partial charge on any atom is 0.151 e. The largest absolute Gasteiger partial charge is 0.329 e. The van der Waals surface area contributed by atoms with Crippen molar-refractivity contribution < 1.29 is 4.79 Å². The van der Waals surface area contributed by atoms with Gasteiger partial charge in [-0.25, -0.2) is 0 Å². The number of hydrogen-bond acceptors (Lipinski definition) is 2. The molecule has 0 aliphatic heterocycles. The summed E-state index contributed by atoms with van der Waals surface area (Å²) in [5, 5.41) is 0. The van der Waals surface area contributed by atoms with E-state index in [-0.39, 0.29) is 12.2 Å². The number of hydrogen-bond donors (Lipinski definition) is 1. The molecule has 11 heavy (non-hydrogen) atoms. The van der Waals surface area contributed by atoms with Crippen LogP contribution in [-0.4, -0.2) is 12.3 Å². The fourth-order valence-electron chi connectivity index (χ4n) is 0.761. The molecule has 0 bridgehead atoms. The standard InChI is InChI=1S/C9H15NO/c1-4-6-8(11)9(3,5-2)7-10/h1H,5-7,10H2,2-3H3. The minimum Gasteiger partial charge on any atom is -0.329 e. The molecule has 0 saturated carbocycles. The van der Waals surface area contributed by atoms with Crippen molar-refractivity contribution in [1.29, 1.82) is 0 Å². The van der Waals surface area contributed by atoms with Crippen molar-refractivity contribution in [3.8, 4) is 12.3 Å². The van der Waals surface area contributed by atoms with E-state index in [1.165, 1.54) is 0 Å². The molecule has 2 nitrogen and oxygen atoms in total. The average molecular weight is 153 g/mol. The third-order valence-electron chi connectivity index (χ3n) is 2.17. The van der Waals surface area contributed by atoms with Crippen LogP contribution < -0.4 is 5.73 Å². The second-order valence-electron chi connectivity index (χ2n) is 2.92. The van der Waals surface area contributed by atoms with Gasteiger partial charge >= 0.3 is 0 Å². The topological polar surface area (TPSA) is 43.1 Å². The van der Waals surface area contributed by atoms with Crippen LogP contribution in [0.1, 0.15) is 26.7 Å². The van der Waals surface area contributed by atoms with Crippen molar-refractivity contribution in [3.63, 3.8) is 0 Å². The van der Waals surface area contributed by atoms with Crippen molar-refractivity contribution >= 4 is 5.78 Å². The molecule has 0 spiro atoms. The van der Waals surface area contributed by atoms with Gasteiger partial charge in [-0.05, 0) is 6.42 Å². The highest BCUT2D eigenvalue weighted by atomic mass is 16.1. The van der Waals surface area contributed by atoms with Gasteiger partial charge in [0.1, 0.15) is 0 Å². The molecule has 0 radical (unpaired) electrons. The van der Waals surface area contributed by atoms with Crippen LogP contribution in [0.15, 0.2) is 0 Å². The van der Waals surface area contributed by atoms with Crippen molar-refractivity contribution in [1.82, 2.24) is 0 Å². The Labute approximate surface area is 68.2 Å². The number of nitrogens with two attached hydrogens (primary N) is 1. The Bertz CT molecular complexity index is 174. The first-order valence-corrected chi connectivity index (χ1v) is 3.77. The van der Waals surface area contributed by atoms with Crippen LogP contribution >= 0.6 is 0 Å². The maximum atomic E-state index is 11.3. The van der Waals surface area contributed by atoms with E-state index in [9.17, 15) is 4.79 Å². The van der Waals surface area contributed by atoms with Gasteiger partial charge in [0.25, 0.3) is 0 Å². The zero-order valence-electron chi connectivity index (χ0n) is 7.18. The molecule has 0 rings (SSSR count). The molecule has 0 heterocycles. The fraction of sp³-hybridized carbons (Fsp3) is 0.667.